The number of carbonyl (C=O) groups is 2. The molecule has 0 aliphatic carbocycles. The van der Waals surface area contributed by atoms with Gasteiger partial charge in [0.2, 0.25) is 5.91 Å². The van der Waals surface area contributed by atoms with Gasteiger partial charge in [-0.25, -0.2) is 4.79 Å². The largest absolute Gasteiger partial charge is 0.478 e. The van der Waals surface area contributed by atoms with Crippen molar-refractivity contribution in [2.24, 2.45) is 5.11 Å². The fourth-order valence-electron chi connectivity index (χ4n) is 2.66. The average Bonchev–Trinajstić information content (AvgIpc) is 2.68. The lowest BCUT2D eigenvalue weighted by Crippen LogP contribution is -2.11. The van der Waals surface area contributed by atoms with Crippen LogP contribution in [-0.2, 0) is 11.2 Å². The van der Waals surface area contributed by atoms with Crippen LogP contribution in [0.5, 0.6) is 0 Å². The van der Waals surface area contributed by atoms with Crippen molar-refractivity contribution in [2.75, 3.05) is 5.32 Å². The van der Waals surface area contributed by atoms with Crippen LogP contribution in [0.1, 0.15) is 47.7 Å². The van der Waals surface area contributed by atoms with E-state index in [2.05, 4.69) is 22.3 Å². The van der Waals surface area contributed by atoms with Crippen molar-refractivity contribution >= 4 is 29.3 Å². The van der Waals surface area contributed by atoms with Gasteiger partial charge >= 0.3 is 5.97 Å². The number of azide groups is 1. The zero-order chi connectivity index (χ0) is 20.4. The summed E-state index contributed by atoms with van der Waals surface area (Å²) in [4.78, 5) is 26.1. The third kappa shape index (κ3) is 6.30. The Balaban J connectivity index is 2.06. The molecule has 144 valence electrons. The lowest BCUT2D eigenvalue weighted by Gasteiger charge is -2.07. The summed E-state index contributed by atoms with van der Waals surface area (Å²) in [6.07, 6.45) is 7.58. The van der Waals surface area contributed by atoms with Gasteiger partial charge in [0.1, 0.15) is 0 Å². The van der Waals surface area contributed by atoms with Crippen LogP contribution in [-0.4, -0.2) is 17.0 Å². The SMILES string of the molecule is CCCCCc1ccc(C=CC(=O)Nc2cc(N=[N+]=[N-])ccc2C(=O)O)cc1. The molecule has 0 bridgehead atoms. The Bertz CT molecular complexity index is 914. The molecule has 0 atom stereocenters. The quantitative estimate of drug-likeness (QED) is 0.191. The molecule has 0 aliphatic rings. The van der Waals surface area contributed by atoms with Gasteiger partial charge in [-0.2, -0.15) is 0 Å². The zero-order valence-corrected chi connectivity index (χ0v) is 15.6. The number of amides is 1. The predicted molar refractivity (Wildman–Crippen MR) is 110 cm³/mol. The molecule has 1 amide bonds. The summed E-state index contributed by atoms with van der Waals surface area (Å²) >= 11 is 0. The first kappa shape index (κ1) is 20.7. The molecule has 2 N–H and O–H groups in total. The molecule has 2 aromatic rings. The molecule has 7 heteroatoms. The number of hydrogen-bond acceptors (Lipinski definition) is 3. The number of unbranched alkanes of at least 4 members (excludes halogenated alkanes) is 2. The topological polar surface area (TPSA) is 115 Å². The van der Waals surface area contributed by atoms with Gasteiger partial charge in [0, 0.05) is 16.7 Å². The van der Waals surface area contributed by atoms with Crippen LogP contribution in [0.15, 0.2) is 53.7 Å². The lowest BCUT2D eigenvalue weighted by atomic mass is 10.1. The molecule has 0 heterocycles. The van der Waals surface area contributed by atoms with Crippen molar-refractivity contribution in [3.63, 3.8) is 0 Å². The Morgan fingerprint density at radius 2 is 1.93 bits per heavy atom. The maximum atomic E-state index is 12.2. The Kier molecular flexibility index (Phi) is 7.81. The van der Waals surface area contributed by atoms with Crippen molar-refractivity contribution in [3.05, 3.63) is 75.7 Å². The number of carboxylic acid groups (broad SMARTS) is 1. The first-order valence-electron chi connectivity index (χ1n) is 9.04. The molecule has 0 saturated heterocycles. The van der Waals surface area contributed by atoms with E-state index >= 15 is 0 Å². The molecule has 2 aromatic carbocycles. The number of carbonyl (C=O) groups excluding carboxylic acids is 1. The van der Waals surface area contributed by atoms with Crippen molar-refractivity contribution in [3.8, 4) is 0 Å². The maximum absolute atomic E-state index is 12.2. The Morgan fingerprint density at radius 3 is 2.57 bits per heavy atom. The van der Waals surface area contributed by atoms with Gasteiger partial charge in [0.15, 0.2) is 0 Å². The highest BCUT2D eigenvalue weighted by Crippen LogP contribution is 2.23. The molecule has 0 aliphatic heterocycles. The van der Waals surface area contributed by atoms with Crippen molar-refractivity contribution in [2.45, 2.75) is 32.6 Å². The predicted octanol–water partition coefficient (Wildman–Crippen LogP) is 5.71. The van der Waals surface area contributed by atoms with Crippen LogP contribution in [0.3, 0.4) is 0 Å². The summed E-state index contributed by atoms with van der Waals surface area (Å²) in [5, 5.41) is 15.2. The zero-order valence-electron chi connectivity index (χ0n) is 15.6. The third-order valence-corrected chi connectivity index (χ3v) is 4.13. The van der Waals surface area contributed by atoms with Gasteiger partial charge in [-0.3, -0.25) is 4.79 Å². The summed E-state index contributed by atoms with van der Waals surface area (Å²) in [5.74, 6) is -1.67. The molecular weight excluding hydrogens is 356 g/mol. The van der Waals surface area contributed by atoms with Crippen molar-refractivity contribution in [1.82, 2.24) is 0 Å². The number of aromatic carboxylic acids is 1. The molecule has 7 nitrogen and oxygen atoms in total. The summed E-state index contributed by atoms with van der Waals surface area (Å²) in [5.41, 5.74) is 10.8. The van der Waals surface area contributed by atoms with Gasteiger partial charge in [0.25, 0.3) is 0 Å². The number of nitrogens with zero attached hydrogens (tertiary/aromatic N) is 3. The fraction of sp³-hybridized carbons (Fsp3) is 0.238. The van der Waals surface area contributed by atoms with E-state index < -0.39 is 11.9 Å². The minimum Gasteiger partial charge on any atom is -0.478 e. The number of nitrogens with one attached hydrogen (secondary N) is 1. The van der Waals surface area contributed by atoms with E-state index in [0.29, 0.717) is 0 Å². The number of anilines is 1. The van der Waals surface area contributed by atoms with Gasteiger partial charge in [0.05, 0.1) is 11.3 Å². The van der Waals surface area contributed by atoms with Crippen LogP contribution in [0.25, 0.3) is 16.5 Å². The van der Waals surface area contributed by atoms with Crippen LogP contribution in [0.4, 0.5) is 11.4 Å². The second kappa shape index (κ2) is 10.5. The maximum Gasteiger partial charge on any atom is 0.337 e. The smallest absolute Gasteiger partial charge is 0.337 e. The first-order chi connectivity index (χ1) is 13.5. The Morgan fingerprint density at radius 1 is 1.18 bits per heavy atom. The molecular formula is C21H22N4O3. The third-order valence-electron chi connectivity index (χ3n) is 4.13. The molecule has 2 rings (SSSR count). The van der Waals surface area contributed by atoms with Crippen LogP contribution >= 0.6 is 0 Å². The molecule has 0 aromatic heterocycles. The van der Waals surface area contributed by atoms with E-state index in [0.717, 1.165) is 18.4 Å². The molecule has 0 radical (unpaired) electrons. The van der Waals surface area contributed by atoms with E-state index in [4.69, 9.17) is 5.53 Å². The van der Waals surface area contributed by atoms with E-state index in [1.54, 1.807) is 6.08 Å². The Hall–Kier alpha value is -3.57. The highest BCUT2D eigenvalue weighted by atomic mass is 16.4. The number of carboxylic acids is 1. The van der Waals surface area contributed by atoms with Gasteiger partial charge in [-0.05, 0) is 47.7 Å². The number of hydrogen-bond donors (Lipinski definition) is 2. The second-order valence-corrected chi connectivity index (χ2v) is 6.25. The fourth-order valence-corrected chi connectivity index (χ4v) is 2.66. The van der Waals surface area contributed by atoms with Gasteiger partial charge in [-0.15, -0.1) is 0 Å². The minimum absolute atomic E-state index is 0.0679. The van der Waals surface area contributed by atoms with Crippen molar-refractivity contribution < 1.29 is 14.7 Å². The number of benzene rings is 2. The normalized spacial score (nSPS) is 10.5. The molecule has 0 spiro atoms. The summed E-state index contributed by atoms with van der Waals surface area (Å²) in [6, 6.07) is 11.9. The van der Waals surface area contributed by atoms with Crippen LogP contribution in [0.2, 0.25) is 0 Å². The number of aryl methyl sites for hydroxylation is 1. The first-order valence-corrected chi connectivity index (χ1v) is 9.04. The average molecular weight is 378 g/mol. The van der Waals surface area contributed by atoms with Gasteiger partial charge in [-0.1, -0.05) is 55.2 Å². The monoisotopic (exact) mass is 378 g/mol. The molecule has 0 unspecified atom stereocenters. The Labute approximate surface area is 163 Å². The molecule has 28 heavy (non-hydrogen) atoms. The standard InChI is InChI=1S/C21H22N4O3/c1-2-3-4-5-15-6-8-16(9-7-15)10-13-20(26)23-19-14-17(24-25-22)11-12-18(19)21(27)28/h6-14H,2-5H2,1H3,(H,23,26)(H,27,28). The highest BCUT2D eigenvalue weighted by molar-refractivity contribution is 6.06. The lowest BCUT2D eigenvalue weighted by molar-refractivity contribution is -0.111. The van der Waals surface area contributed by atoms with E-state index in [1.807, 2.05) is 24.3 Å². The van der Waals surface area contributed by atoms with E-state index in [9.17, 15) is 14.7 Å². The van der Waals surface area contributed by atoms with E-state index in [-0.39, 0.29) is 16.9 Å². The minimum atomic E-state index is -1.19. The van der Waals surface area contributed by atoms with Crippen molar-refractivity contribution in [1.29, 1.82) is 0 Å². The van der Waals surface area contributed by atoms with Gasteiger partial charge < -0.3 is 10.4 Å². The molecule has 0 saturated carbocycles. The van der Waals surface area contributed by atoms with E-state index in [1.165, 1.54) is 42.7 Å². The second-order valence-electron chi connectivity index (χ2n) is 6.25. The highest BCUT2D eigenvalue weighted by Gasteiger charge is 2.12. The van der Waals surface area contributed by atoms with Crippen LogP contribution < -0.4 is 5.32 Å². The summed E-state index contributed by atoms with van der Waals surface area (Å²) in [6.45, 7) is 2.17. The van der Waals surface area contributed by atoms with Crippen LogP contribution in [0, 0.1) is 0 Å². The summed E-state index contributed by atoms with van der Waals surface area (Å²) < 4.78 is 0. The summed E-state index contributed by atoms with van der Waals surface area (Å²) in [7, 11) is 0. The molecule has 0 fully saturated rings. The number of rotatable bonds is 9.